The molecule has 4 heteroatoms. The van der Waals surface area contributed by atoms with E-state index >= 15 is 0 Å². The molecule has 0 bridgehead atoms. The average molecular weight is 851 g/mol. The highest BCUT2D eigenvalue weighted by molar-refractivity contribution is 7.26. The van der Waals surface area contributed by atoms with Crippen molar-refractivity contribution in [2.75, 3.05) is 9.80 Å². The van der Waals surface area contributed by atoms with Crippen LogP contribution in [0.25, 0.3) is 31.3 Å². The Morgan fingerprint density at radius 3 is 1.72 bits per heavy atom. The largest absolute Gasteiger partial charge is 0.457 e. The average Bonchev–Trinajstić information content (AvgIpc) is 3.90. The summed E-state index contributed by atoms with van der Waals surface area (Å²) in [6.07, 6.45) is 8.01. The molecule has 0 saturated heterocycles. The number of anilines is 5. The Balaban J connectivity index is 1.08. The summed E-state index contributed by atoms with van der Waals surface area (Å²) in [6.45, 7) is 0. The number of benzene rings is 9. The molecule has 1 aliphatic heterocycles. The second kappa shape index (κ2) is 15.1. The summed E-state index contributed by atoms with van der Waals surface area (Å²) in [5, 5.41) is 2.53. The first-order valence-electron chi connectivity index (χ1n) is 22.4. The Labute approximate surface area is 383 Å². The highest BCUT2D eigenvalue weighted by Crippen LogP contribution is 2.63. The van der Waals surface area contributed by atoms with Crippen LogP contribution in [0.1, 0.15) is 40.2 Å². The van der Waals surface area contributed by atoms with Gasteiger partial charge in [0.25, 0.3) is 0 Å². The maximum Gasteiger partial charge on any atom is 0.132 e. The number of fused-ring (bicyclic) bond motifs is 12. The van der Waals surface area contributed by atoms with Crippen LogP contribution in [-0.4, -0.2) is 0 Å². The van der Waals surface area contributed by atoms with Gasteiger partial charge in [-0.05, 0) is 113 Å². The molecule has 0 N–H and O–H groups in total. The molecule has 2 heterocycles. The minimum atomic E-state index is -0.593. The van der Waals surface area contributed by atoms with Gasteiger partial charge in [-0.15, -0.1) is 11.3 Å². The van der Waals surface area contributed by atoms with Gasteiger partial charge in [0.1, 0.15) is 11.5 Å². The Hall–Kier alpha value is -7.92. The fourth-order valence-corrected chi connectivity index (χ4v) is 12.1. The maximum absolute atomic E-state index is 6.95. The van der Waals surface area contributed by atoms with E-state index in [-0.39, 0.29) is 5.92 Å². The molecule has 1 spiro atoms. The lowest BCUT2D eigenvalue weighted by Crippen LogP contribution is -2.32. The second-order valence-electron chi connectivity index (χ2n) is 17.1. The van der Waals surface area contributed by atoms with Crippen LogP contribution in [0.4, 0.5) is 28.4 Å². The second-order valence-corrected chi connectivity index (χ2v) is 18.2. The third kappa shape index (κ3) is 5.81. The number of allylic oxidation sites excluding steroid dienone is 3. The van der Waals surface area contributed by atoms with Gasteiger partial charge in [-0.3, -0.25) is 0 Å². The lowest BCUT2D eigenvalue weighted by Gasteiger charge is -2.40. The minimum Gasteiger partial charge on any atom is -0.457 e. The van der Waals surface area contributed by atoms with Crippen LogP contribution in [0, 0.1) is 0 Å². The standard InChI is InChI=1S/C61H42N2OS/c1-4-20-42(21-5-1)62(43-22-6-2-7-23-43)45-26-18-19-41(39-45)47-36-38-58-59(50-29-12-17-34-57(50)65-58)60(47)63(44-24-8-3-9-25-44)46-35-37-56-54(40-46)61(53-32-15-16-33-55(53)64-56)51-30-13-10-27-48(51)49-28-11-14-31-52(49)61/h1-18,20-41H,19H2. The molecule has 0 radical (unpaired) electrons. The predicted molar refractivity (Wildman–Crippen MR) is 271 cm³/mol. The van der Waals surface area contributed by atoms with Gasteiger partial charge in [-0.2, -0.15) is 0 Å². The normalized spacial score (nSPS) is 15.1. The summed E-state index contributed by atoms with van der Waals surface area (Å²) in [4.78, 5) is 4.92. The molecule has 13 rings (SSSR count). The van der Waals surface area contributed by atoms with Crippen molar-refractivity contribution >= 4 is 59.9 Å². The van der Waals surface area contributed by atoms with Crippen LogP contribution in [-0.2, 0) is 5.41 Å². The zero-order chi connectivity index (χ0) is 42.9. The van der Waals surface area contributed by atoms with Gasteiger partial charge in [0.2, 0.25) is 0 Å². The number of rotatable bonds is 7. The molecule has 1 aromatic heterocycles. The summed E-state index contributed by atoms with van der Waals surface area (Å²) < 4.78 is 9.49. The van der Waals surface area contributed by atoms with E-state index < -0.39 is 5.41 Å². The van der Waals surface area contributed by atoms with Gasteiger partial charge in [-0.25, -0.2) is 0 Å². The molecule has 3 nitrogen and oxygen atoms in total. The fourth-order valence-electron chi connectivity index (χ4n) is 11.0. The van der Waals surface area contributed by atoms with Crippen LogP contribution >= 0.6 is 11.3 Å². The lowest BCUT2D eigenvalue weighted by molar-refractivity contribution is 0.436. The summed E-state index contributed by atoms with van der Waals surface area (Å²) in [5.74, 6) is 1.84. The quantitative estimate of drug-likeness (QED) is 0.159. The van der Waals surface area contributed by atoms with E-state index in [1.807, 2.05) is 11.3 Å². The van der Waals surface area contributed by atoms with Crippen molar-refractivity contribution in [1.82, 2.24) is 0 Å². The molecular weight excluding hydrogens is 809 g/mol. The smallest absolute Gasteiger partial charge is 0.132 e. The van der Waals surface area contributed by atoms with Gasteiger partial charge in [0, 0.05) is 65.7 Å². The first kappa shape index (κ1) is 37.6. The van der Waals surface area contributed by atoms with Crippen molar-refractivity contribution in [3.8, 4) is 22.6 Å². The SMILES string of the molecule is C1=CC(N(c2ccccc2)c2ccccc2)=CC(c2ccc3sc4ccccc4c3c2N(c2ccccc2)c2ccc3c(c2)C2(c4ccccc4O3)c3ccccc3-c3ccccc32)C1. The van der Waals surface area contributed by atoms with E-state index in [4.69, 9.17) is 4.74 Å². The summed E-state index contributed by atoms with van der Waals surface area (Å²) in [5.41, 5.74) is 14.8. The number of thiophene rings is 1. The maximum atomic E-state index is 6.95. The topological polar surface area (TPSA) is 15.7 Å². The van der Waals surface area contributed by atoms with E-state index in [0.29, 0.717) is 0 Å². The first-order chi connectivity index (χ1) is 32.3. The van der Waals surface area contributed by atoms with E-state index in [1.54, 1.807) is 0 Å². The fraction of sp³-hybridized carbons (Fsp3) is 0.0492. The summed E-state index contributed by atoms with van der Waals surface area (Å²) in [7, 11) is 0. The number of nitrogens with zero attached hydrogens (tertiary/aromatic N) is 2. The van der Waals surface area contributed by atoms with Crippen LogP contribution in [0.2, 0.25) is 0 Å². The molecule has 2 aliphatic carbocycles. The van der Waals surface area contributed by atoms with E-state index in [2.05, 4.69) is 246 Å². The van der Waals surface area contributed by atoms with Crippen LogP contribution in [0.15, 0.2) is 242 Å². The lowest BCUT2D eigenvalue weighted by atomic mass is 9.66. The van der Waals surface area contributed by atoms with Gasteiger partial charge in [-0.1, -0.05) is 158 Å². The molecule has 308 valence electrons. The number of para-hydroxylation sites is 4. The number of ether oxygens (including phenoxy) is 1. The molecule has 3 aliphatic rings. The van der Waals surface area contributed by atoms with Crippen LogP contribution in [0.3, 0.4) is 0 Å². The zero-order valence-electron chi connectivity index (χ0n) is 35.5. The van der Waals surface area contributed by atoms with Crippen molar-refractivity contribution in [1.29, 1.82) is 0 Å². The molecule has 1 unspecified atom stereocenters. The molecule has 65 heavy (non-hydrogen) atoms. The molecule has 1 atom stereocenters. The van der Waals surface area contributed by atoms with E-state index in [1.165, 1.54) is 53.7 Å². The monoisotopic (exact) mass is 850 g/mol. The Morgan fingerprint density at radius 1 is 0.462 bits per heavy atom. The molecule has 0 fully saturated rings. The van der Waals surface area contributed by atoms with Gasteiger partial charge < -0.3 is 14.5 Å². The Bertz CT molecular complexity index is 3430. The van der Waals surface area contributed by atoms with E-state index in [9.17, 15) is 0 Å². The van der Waals surface area contributed by atoms with Crippen molar-refractivity contribution in [2.45, 2.75) is 17.8 Å². The van der Waals surface area contributed by atoms with Gasteiger partial charge in [0.15, 0.2) is 0 Å². The van der Waals surface area contributed by atoms with Crippen molar-refractivity contribution in [3.63, 3.8) is 0 Å². The highest BCUT2D eigenvalue weighted by atomic mass is 32.1. The van der Waals surface area contributed by atoms with Gasteiger partial charge >= 0.3 is 0 Å². The van der Waals surface area contributed by atoms with E-state index in [0.717, 1.165) is 57.5 Å². The van der Waals surface area contributed by atoms with Crippen molar-refractivity contribution < 1.29 is 4.74 Å². The van der Waals surface area contributed by atoms with Crippen LogP contribution < -0.4 is 14.5 Å². The highest BCUT2D eigenvalue weighted by Gasteiger charge is 2.51. The molecule has 0 amide bonds. The van der Waals surface area contributed by atoms with Gasteiger partial charge in [0.05, 0.1) is 11.1 Å². The third-order valence-corrected chi connectivity index (χ3v) is 14.7. The predicted octanol–water partition coefficient (Wildman–Crippen LogP) is 16.8. The van der Waals surface area contributed by atoms with Crippen molar-refractivity contribution in [3.05, 3.63) is 270 Å². The number of hydrogen-bond acceptors (Lipinski definition) is 4. The molecule has 0 saturated carbocycles. The molecule has 10 aromatic rings. The zero-order valence-corrected chi connectivity index (χ0v) is 36.3. The number of hydrogen-bond donors (Lipinski definition) is 0. The van der Waals surface area contributed by atoms with Crippen molar-refractivity contribution in [2.24, 2.45) is 0 Å². The third-order valence-electron chi connectivity index (χ3n) is 13.6. The minimum absolute atomic E-state index is 0.0713. The summed E-state index contributed by atoms with van der Waals surface area (Å²) in [6, 6.07) is 79.6. The van der Waals surface area contributed by atoms with Crippen LogP contribution in [0.5, 0.6) is 11.5 Å². The first-order valence-corrected chi connectivity index (χ1v) is 23.3. The summed E-state index contributed by atoms with van der Waals surface area (Å²) >= 11 is 1.87. The molecular formula is C61H42N2OS. The Morgan fingerprint density at radius 2 is 1.03 bits per heavy atom. The molecule has 9 aromatic carbocycles. The Kier molecular flexibility index (Phi) is 8.75.